The van der Waals surface area contributed by atoms with Crippen molar-refractivity contribution in [2.45, 2.75) is 122 Å². The van der Waals surface area contributed by atoms with Crippen molar-refractivity contribution in [1.82, 2.24) is 5.32 Å². The number of rotatable bonds is 21. The maximum Gasteiger partial charge on any atom is 0.267 e. The fourth-order valence-electron chi connectivity index (χ4n) is 3.43. The van der Waals surface area contributed by atoms with Crippen LogP contribution in [0.3, 0.4) is 0 Å². The number of carbonyl (C=O) groups excluding carboxylic acids is 1. The van der Waals surface area contributed by atoms with Crippen molar-refractivity contribution < 1.29 is 22.9 Å². The summed E-state index contributed by atoms with van der Waals surface area (Å²) in [6.45, 7) is 4.33. The van der Waals surface area contributed by atoms with E-state index in [4.69, 9.17) is 0 Å². The second-order valence-corrected chi connectivity index (χ2v) is 10.1. The number of aliphatic hydroxyl groups is 1. The van der Waals surface area contributed by atoms with Crippen molar-refractivity contribution in [3.8, 4) is 0 Å². The predicted molar refractivity (Wildman–Crippen MR) is 133 cm³/mol. The average Bonchev–Trinajstić information content (AvgIpc) is 2.73. The van der Waals surface area contributed by atoms with Crippen LogP contribution in [0.25, 0.3) is 0 Å². The lowest BCUT2D eigenvalue weighted by molar-refractivity contribution is -0.122. The predicted octanol–water partition coefficient (Wildman–Crippen LogP) is 5.72. The molecule has 0 bridgehead atoms. The van der Waals surface area contributed by atoms with Crippen LogP contribution in [0.2, 0.25) is 0 Å². The summed E-state index contributed by atoms with van der Waals surface area (Å²) in [6.07, 6.45) is 21.9. The van der Waals surface area contributed by atoms with E-state index < -0.39 is 28.0 Å². The van der Waals surface area contributed by atoms with Crippen LogP contribution >= 0.6 is 0 Å². The van der Waals surface area contributed by atoms with Crippen LogP contribution in [-0.2, 0) is 14.9 Å². The maximum atomic E-state index is 12.2. The third-order valence-electron chi connectivity index (χ3n) is 5.37. The molecule has 0 saturated carbocycles. The van der Waals surface area contributed by atoms with Gasteiger partial charge in [0.25, 0.3) is 10.1 Å². The summed E-state index contributed by atoms with van der Waals surface area (Å²) < 4.78 is 31.8. The van der Waals surface area contributed by atoms with Crippen molar-refractivity contribution in [2.24, 2.45) is 0 Å². The van der Waals surface area contributed by atoms with Crippen LogP contribution < -0.4 is 5.32 Å². The average molecular weight is 474 g/mol. The Labute approximate surface area is 196 Å². The van der Waals surface area contributed by atoms with Crippen LogP contribution in [-0.4, -0.2) is 41.9 Å². The summed E-state index contributed by atoms with van der Waals surface area (Å²) in [6, 6.07) is -1.05. The number of hydrogen-bond acceptors (Lipinski definition) is 4. The topological polar surface area (TPSA) is 104 Å². The van der Waals surface area contributed by atoms with Gasteiger partial charge in [-0.05, 0) is 38.5 Å². The third kappa shape index (κ3) is 20.7. The highest BCUT2D eigenvalue weighted by Gasteiger charge is 2.24. The fourth-order valence-corrected chi connectivity index (χ4v) is 4.16. The second-order valence-electron chi connectivity index (χ2n) is 8.61. The third-order valence-corrected chi connectivity index (χ3v) is 6.15. The van der Waals surface area contributed by atoms with Gasteiger partial charge in [0.1, 0.15) is 0 Å². The quantitative estimate of drug-likeness (QED) is 0.112. The molecular formula is C25H47NO5S. The molecule has 2 unspecified atom stereocenters. The largest absolute Gasteiger partial charge is 0.387 e. The number of aliphatic hydroxyl groups excluding tert-OH is 1. The Balaban J connectivity index is 4.19. The Kier molecular flexibility index (Phi) is 19.7. The SMILES string of the molecule is CCCC/C=C\CCCCCCCC(=O)NC(CS(=O)(=O)O)C(O)/C=C/CCCCCC. The lowest BCUT2D eigenvalue weighted by Gasteiger charge is -2.21. The molecule has 7 heteroatoms. The number of carbonyl (C=O) groups is 1. The zero-order valence-electron chi connectivity index (χ0n) is 20.3. The van der Waals surface area contributed by atoms with Crippen molar-refractivity contribution in [3.05, 3.63) is 24.3 Å². The van der Waals surface area contributed by atoms with Gasteiger partial charge >= 0.3 is 0 Å². The van der Waals surface area contributed by atoms with Gasteiger partial charge in [-0.2, -0.15) is 8.42 Å². The van der Waals surface area contributed by atoms with Gasteiger partial charge in [-0.3, -0.25) is 9.35 Å². The molecule has 0 aliphatic heterocycles. The highest BCUT2D eigenvalue weighted by atomic mass is 32.2. The smallest absolute Gasteiger partial charge is 0.267 e. The highest BCUT2D eigenvalue weighted by molar-refractivity contribution is 7.85. The molecule has 3 N–H and O–H groups in total. The molecule has 188 valence electrons. The molecular weight excluding hydrogens is 426 g/mol. The molecule has 32 heavy (non-hydrogen) atoms. The van der Waals surface area contributed by atoms with Crippen molar-refractivity contribution in [3.63, 3.8) is 0 Å². The maximum absolute atomic E-state index is 12.2. The molecule has 0 heterocycles. The number of allylic oxidation sites excluding steroid dienone is 3. The van der Waals surface area contributed by atoms with Crippen molar-refractivity contribution in [2.75, 3.05) is 5.75 Å². The summed E-state index contributed by atoms with van der Waals surface area (Å²) >= 11 is 0. The Bertz CT molecular complexity index is 616. The minimum absolute atomic E-state index is 0.284. The van der Waals surface area contributed by atoms with E-state index in [1.54, 1.807) is 0 Å². The molecule has 0 aliphatic rings. The molecule has 0 fully saturated rings. The summed E-state index contributed by atoms with van der Waals surface area (Å²) in [5.41, 5.74) is 0. The van der Waals surface area contributed by atoms with E-state index in [2.05, 4.69) is 31.3 Å². The van der Waals surface area contributed by atoms with Crippen LogP contribution in [0.1, 0.15) is 110 Å². The molecule has 0 aliphatic carbocycles. The lowest BCUT2D eigenvalue weighted by Crippen LogP contribution is -2.46. The molecule has 0 radical (unpaired) electrons. The lowest BCUT2D eigenvalue weighted by atomic mass is 10.1. The monoisotopic (exact) mass is 473 g/mol. The van der Waals surface area contributed by atoms with Gasteiger partial charge in [0, 0.05) is 6.42 Å². The zero-order chi connectivity index (χ0) is 24.1. The molecule has 2 atom stereocenters. The van der Waals surface area contributed by atoms with Gasteiger partial charge in [-0.25, -0.2) is 0 Å². The number of hydrogen-bond donors (Lipinski definition) is 3. The number of amides is 1. The first-order chi connectivity index (χ1) is 15.3. The van der Waals surface area contributed by atoms with E-state index in [1.807, 2.05) is 6.08 Å². The van der Waals surface area contributed by atoms with Crippen LogP contribution in [0.15, 0.2) is 24.3 Å². The summed E-state index contributed by atoms with van der Waals surface area (Å²) in [7, 11) is -4.32. The van der Waals surface area contributed by atoms with Gasteiger partial charge in [-0.15, -0.1) is 0 Å². The zero-order valence-corrected chi connectivity index (χ0v) is 21.1. The van der Waals surface area contributed by atoms with Gasteiger partial charge in [0.05, 0.1) is 17.9 Å². The first kappa shape index (κ1) is 30.8. The molecule has 0 aromatic rings. The first-order valence-electron chi connectivity index (χ1n) is 12.5. The molecule has 6 nitrogen and oxygen atoms in total. The number of nitrogens with one attached hydrogen (secondary N) is 1. The van der Waals surface area contributed by atoms with Crippen LogP contribution in [0, 0.1) is 0 Å². The summed E-state index contributed by atoms with van der Waals surface area (Å²) in [5.74, 6) is -1.00. The fraction of sp³-hybridized carbons (Fsp3) is 0.800. The first-order valence-corrected chi connectivity index (χ1v) is 14.1. The van der Waals surface area contributed by atoms with Gasteiger partial charge in [0.15, 0.2) is 0 Å². The molecule has 0 saturated heterocycles. The van der Waals surface area contributed by atoms with E-state index in [-0.39, 0.29) is 12.3 Å². The standard InChI is InChI=1S/C25H47NO5S/c1-3-5-7-9-11-12-13-14-15-17-19-21-25(28)26-23(22-32(29,30)31)24(27)20-18-16-10-8-6-4-2/h9,11,18,20,23-24,27H,3-8,10,12-17,19,21-22H2,1-2H3,(H,26,28)(H,29,30,31)/b11-9-,20-18+. The Morgan fingerprint density at radius 3 is 1.97 bits per heavy atom. The summed E-state index contributed by atoms with van der Waals surface area (Å²) in [4.78, 5) is 12.2. The molecule has 1 amide bonds. The minimum Gasteiger partial charge on any atom is -0.387 e. The van der Waals surface area contributed by atoms with Crippen LogP contribution in [0.5, 0.6) is 0 Å². The summed E-state index contributed by atoms with van der Waals surface area (Å²) in [5, 5.41) is 12.9. The van der Waals surface area contributed by atoms with Crippen LogP contribution in [0.4, 0.5) is 0 Å². The molecule has 0 aromatic heterocycles. The van der Waals surface area contributed by atoms with Gasteiger partial charge in [-0.1, -0.05) is 89.5 Å². The Morgan fingerprint density at radius 1 is 0.812 bits per heavy atom. The molecule has 0 aromatic carbocycles. The number of unbranched alkanes of at least 4 members (excludes halogenated alkanes) is 11. The van der Waals surface area contributed by atoms with E-state index in [1.165, 1.54) is 18.9 Å². The van der Waals surface area contributed by atoms with Crippen molar-refractivity contribution in [1.29, 1.82) is 0 Å². The van der Waals surface area contributed by atoms with E-state index in [0.29, 0.717) is 0 Å². The highest BCUT2D eigenvalue weighted by Crippen LogP contribution is 2.10. The van der Waals surface area contributed by atoms with E-state index >= 15 is 0 Å². The molecule has 0 rings (SSSR count). The molecule has 0 spiro atoms. The van der Waals surface area contributed by atoms with E-state index in [0.717, 1.165) is 77.0 Å². The van der Waals surface area contributed by atoms with Crippen molar-refractivity contribution >= 4 is 16.0 Å². The van der Waals surface area contributed by atoms with E-state index in [9.17, 15) is 22.9 Å². The second kappa shape index (κ2) is 20.4. The minimum atomic E-state index is -4.32. The van der Waals surface area contributed by atoms with Gasteiger partial charge in [0.2, 0.25) is 5.91 Å². The normalized spacial score (nSPS) is 14.2. The Morgan fingerprint density at radius 2 is 1.34 bits per heavy atom. The Hall–Kier alpha value is -1.18. The van der Waals surface area contributed by atoms with Gasteiger partial charge < -0.3 is 10.4 Å².